The minimum absolute atomic E-state index is 0.111. The molecule has 2 aliphatic rings. The molecule has 1 aliphatic heterocycles. The van der Waals surface area contributed by atoms with Crippen molar-refractivity contribution in [3.8, 4) is 17.1 Å². The number of H-pyrrole nitrogens is 1. The van der Waals surface area contributed by atoms with Gasteiger partial charge in [-0.3, -0.25) is 4.79 Å². The second-order valence-corrected chi connectivity index (χ2v) is 9.32. The van der Waals surface area contributed by atoms with Crippen molar-refractivity contribution in [2.75, 3.05) is 45.2 Å². The maximum absolute atomic E-state index is 13.3. The standard InChI is InChI=1S/C25H34N6O2/c1-4-31-24-21(22(28-31)17-8-6-5-7-9-17)25(32)27-23(26-24)19-11-10-18(16-20(19)33-3)30-14-12-29(2)13-15-30/h10-11,16-17H,4-9,12-15H2,1-3H3,(H,26,27,32). The molecule has 5 rings (SSSR count). The van der Waals surface area contributed by atoms with E-state index in [2.05, 4.69) is 34.0 Å². The third-order valence-corrected chi connectivity index (χ3v) is 7.23. The number of hydrogen-bond donors (Lipinski definition) is 1. The molecule has 0 amide bonds. The van der Waals surface area contributed by atoms with Gasteiger partial charge >= 0.3 is 0 Å². The van der Waals surface area contributed by atoms with Crippen LogP contribution in [-0.2, 0) is 6.54 Å². The van der Waals surface area contributed by atoms with E-state index in [9.17, 15) is 4.79 Å². The first-order valence-corrected chi connectivity index (χ1v) is 12.2. The summed E-state index contributed by atoms with van der Waals surface area (Å²) in [5.41, 5.74) is 3.40. The van der Waals surface area contributed by atoms with Crippen LogP contribution in [-0.4, -0.2) is 65.0 Å². The number of likely N-dealkylation sites (N-methyl/N-ethyl adjacent to an activating group) is 1. The maximum atomic E-state index is 13.3. The normalized spacial score (nSPS) is 18.2. The number of aryl methyl sites for hydroxylation is 1. The van der Waals surface area contributed by atoms with Gasteiger partial charge in [-0.25, -0.2) is 9.67 Å². The molecule has 0 atom stereocenters. The monoisotopic (exact) mass is 450 g/mol. The Kier molecular flexibility index (Phi) is 6.10. The molecule has 2 aromatic heterocycles. The van der Waals surface area contributed by atoms with Crippen molar-refractivity contribution in [2.24, 2.45) is 0 Å². The van der Waals surface area contributed by atoms with Crippen LogP contribution >= 0.6 is 0 Å². The van der Waals surface area contributed by atoms with Gasteiger partial charge in [-0.2, -0.15) is 5.10 Å². The lowest BCUT2D eigenvalue weighted by molar-refractivity contribution is 0.312. The molecule has 0 unspecified atom stereocenters. The van der Waals surface area contributed by atoms with Crippen molar-refractivity contribution in [3.05, 3.63) is 34.2 Å². The van der Waals surface area contributed by atoms with Gasteiger partial charge in [0.25, 0.3) is 5.56 Å². The number of methoxy groups -OCH3 is 1. The Morgan fingerprint density at radius 3 is 2.58 bits per heavy atom. The summed E-state index contributed by atoms with van der Waals surface area (Å²) in [6, 6.07) is 6.15. The summed E-state index contributed by atoms with van der Waals surface area (Å²) in [5.74, 6) is 1.59. The van der Waals surface area contributed by atoms with E-state index < -0.39 is 0 Å². The van der Waals surface area contributed by atoms with Crippen molar-refractivity contribution >= 4 is 16.7 Å². The molecule has 1 saturated carbocycles. The molecule has 8 heteroatoms. The summed E-state index contributed by atoms with van der Waals surface area (Å²) in [4.78, 5) is 26.0. The third-order valence-electron chi connectivity index (χ3n) is 7.23. The first-order valence-electron chi connectivity index (χ1n) is 12.2. The van der Waals surface area contributed by atoms with Gasteiger partial charge in [0.15, 0.2) is 5.65 Å². The van der Waals surface area contributed by atoms with Gasteiger partial charge in [-0.15, -0.1) is 0 Å². The molecule has 3 aromatic rings. The summed E-state index contributed by atoms with van der Waals surface area (Å²) in [7, 11) is 3.82. The Morgan fingerprint density at radius 2 is 1.88 bits per heavy atom. The smallest absolute Gasteiger partial charge is 0.262 e. The molecule has 2 fully saturated rings. The summed E-state index contributed by atoms with van der Waals surface area (Å²) in [6.45, 7) is 6.78. The zero-order chi connectivity index (χ0) is 22.9. The second kappa shape index (κ2) is 9.17. The lowest BCUT2D eigenvalue weighted by Gasteiger charge is -2.34. The first-order chi connectivity index (χ1) is 16.1. The molecule has 1 saturated heterocycles. The van der Waals surface area contributed by atoms with Crippen LogP contribution in [0.3, 0.4) is 0 Å². The average Bonchev–Trinajstić information content (AvgIpc) is 3.24. The number of benzene rings is 1. The Hall–Kier alpha value is -2.87. The van der Waals surface area contributed by atoms with Gasteiger partial charge in [0.05, 0.1) is 18.4 Å². The van der Waals surface area contributed by atoms with E-state index in [0.717, 1.165) is 56.0 Å². The number of piperazine rings is 1. The predicted octanol–water partition coefficient (Wildman–Crippen LogP) is 3.61. The average molecular weight is 451 g/mol. The number of nitrogens with zero attached hydrogens (tertiary/aromatic N) is 5. The summed E-state index contributed by atoms with van der Waals surface area (Å²) in [5, 5.41) is 5.50. The molecule has 1 aliphatic carbocycles. The van der Waals surface area contributed by atoms with E-state index in [1.807, 2.05) is 17.7 Å². The molecule has 0 radical (unpaired) electrons. The Balaban J connectivity index is 1.55. The molecule has 0 spiro atoms. The highest BCUT2D eigenvalue weighted by Gasteiger charge is 2.25. The molecular formula is C25H34N6O2. The Morgan fingerprint density at radius 1 is 1.12 bits per heavy atom. The number of rotatable bonds is 5. The summed E-state index contributed by atoms with van der Waals surface area (Å²) < 4.78 is 7.62. The summed E-state index contributed by atoms with van der Waals surface area (Å²) >= 11 is 0. The lowest BCUT2D eigenvalue weighted by atomic mass is 9.86. The van der Waals surface area contributed by atoms with Crippen molar-refractivity contribution < 1.29 is 4.74 Å². The first kappa shape index (κ1) is 21.9. The third kappa shape index (κ3) is 4.12. The molecule has 176 valence electrons. The van der Waals surface area contributed by atoms with E-state index >= 15 is 0 Å². The van der Waals surface area contributed by atoms with Gasteiger partial charge in [0.2, 0.25) is 0 Å². The van der Waals surface area contributed by atoms with Crippen molar-refractivity contribution in [3.63, 3.8) is 0 Å². The molecule has 33 heavy (non-hydrogen) atoms. The molecule has 0 bridgehead atoms. The van der Waals surface area contributed by atoms with E-state index in [0.29, 0.717) is 35.1 Å². The zero-order valence-corrected chi connectivity index (χ0v) is 19.9. The van der Waals surface area contributed by atoms with Gasteiger partial charge in [-0.1, -0.05) is 19.3 Å². The van der Waals surface area contributed by atoms with E-state index in [-0.39, 0.29) is 5.56 Å². The number of ether oxygens (including phenoxy) is 1. The number of aromatic nitrogens is 4. The minimum Gasteiger partial charge on any atom is -0.496 e. The van der Waals surface area contributed by atoms with Crippen molar-refractivity contribution in [1.29, 1.82) is 0 Å². The Labute approximate surface area is 194 Å². The number of anilines is 1. The SMILES string of the molecule is CCn1nc(C2CCCCC2)c2c(=O)[nH]c(-c3ccc(N4CCN(C)CC4)cc3OC)nc21. The maximum Gasteiger partial charge on any atom is 0.262 e. The fourth-order valence-electron chi connectivity index (χ4n) is 5.25. The summed E-state index contributed by atoms with van der Waals surface area (Å²) in [6.07, 6.45) is 5.86. The molecule has 3 heterocycles. The van der Waals surface area contributed by atoms with Gasteiger partial charge in [0.1, 0.15) is 17.0 Å². The lowest BCUT2D eigenvalue weighted by Crippen LogP contribution is -2.44. The number of hydrogen-bond acceptors (Lipinski definition) is 6. The molecule has 1 aromatic carbocycles. The highest BCUT2D eigenvalue weighted by atomic mass is 16.5. The fraction of sp³-hybridized carbons (Fsp3) is 0.560. The highest BCUT2D eigenvalue weighted by molar-refractivity contribution is 5.81. The zero-order valence-electron chi connectivity index (χ0n) is 19.9. The predicted molar refractivity (Wildman–Crippen MR) is 131 cm³/mol. The van der Waals surface area contributed by atoms with Gasteiger partial charge < -0.3 is 19.5 Å². The fourth-order valence-corrected chi connectivity index (χ4v) is 5.25. The number of nitrogens with one attached hydrogen (secondary N) is 1. The second-order valence-electron chi connectivity index (χ2n) is 9.32. The largest absolute Gasteiger partial charge is 0.496 e. The van der Waals surface area contributed by atoms with Crippen LogP contribution in [0.15, 0.2) is 23.0 Å². The molecular weight excluding hydrogens is 416 g/mol. The van der Waals surface area contributed by atoms with Crippen LogP contribution in [0.4, 0.5) is 5.69 Å². The van der Waals surface area contributed by atoms with Crippen molar-refractivity contribution in [2.45, 2.75) is 51.5 Å². The quantitative estimate of drug-likeness (QED) is 0.640. The van der Waals surface area contributed by atoms with Crippen LogP contribution in [0.1, 0.15) is 50.6 Å². The van der Waals surface area contributed by atoms with E-state index in [1.165, 1.54) is 19.3 Å². The van der Waals surface area contributed by atoms with Crippen LogP contribution < -0.4 is 15.2 Å². The topological polar surface area (TPSA) is 79.3 Å². The van der Waals surface area contributed by atoms with Gasteiger partial charge in [-0.05, 0) is 38.9 Å². The van der Waals surface area contributed by atoms with Crippen LogP contribution in [0.2, 0.25) is 0 Å². The number of aromatic amines is 1. The van der Waals surface area contributed by atoms with Crippen LogP contribution in [0.5, 0.6) is 5.75 Å². The van der Waals surface area contributed by atoms with E-state index in [1.54, 1.807) is 7.11 Å². The van der Waals surface area contributed by atoms with Crippen molar-refractivity contribution in [1.82, 2.24) is 24.6 Å². The molecule has 1 N–H and O–H groups in total. The minimum atomic E-state index is -0.111. The van der Waals surface area contributed by atoms with Gasteiger partial charge in [0, 0.05) is 50.4 Å². The number of fused-ring (bicyclic) bond motifs is 1. The van der Waals surface area contributed by atoms with E-state index in [4.69, 9.17) is 14.8 Å². The highest BCUT2D eigenvalue weighted by Crippen LogP contribution is 2.36. The molecule has 8 nitrogen and oxygen atoms in total. The Bertz CT molecular complexity index is 1190. The van der Waals surface area contributed by atoms with Crippen LogP contribution in [0, 0.1) is 0 Å². The van der Waals surface area contributed by atoms with Crippen LogP contribution in [0.25, 0.3) is 22.4 Å².